The van der Waals surface area contributed by atoms with Crippen LogP contribution in [-0.2, 0) is 4.74 Å². The van der Waals surface area contributed by atoms with Crippen LogP contribution >= 0.6 is 15.9 Å². The van der Waals surface area contributed by atoms with Gasteiger partial charge in [-0.2, -0.15) is 0 Å². The lowest BCUT2D eigenvalue weighted by atomic mass is 10.1. The minimum atomic E-state index is -0.318. The molecule has 54 valence electrons. The number of aliphatic hydroxyl groups excluding tert-OH is 1. The molecule has 0 amide bonds. The molecule has 3 unspecified atom stereocenters. The molecule has 1 saturated heterocycles. The van der Waals surface area contributed by atoms with Crippen LogP contribution in [0.4, 0.5) is 0 Å². The summed E-state index contributed by atoms with van der Waals surface area (Å²) in [6.45, 7) is 2.48. The van der Waals surface area contributed by atoms with Gasteiger partial charge in [0.25, 0.3) is 0 Å². The smallest absolute Gasteiger partial charge is 0.0899 e. The van der Waals surface area contributed by atoms with Crippen LogP contribution in [0, 0.1) is 0 Å². The largest absolute Gasteiger partial charge is 0.390 e. The molecule has 0 aliphatic carbocycles. The first-order valence-corrected chi connectivity index (χ1v) is 4.05. The van der Waals surface area contributed by atoms with E-state index in [1.54, 1.807) is 0 Å². The second-order valence-corrected chi connectivity index (χ2v) is 3.64. The molecule has 0 radical (unpaired) electrons. The summed E-state index contributed by atoms with van der Waals surface area (Å²) in [7, 11) is 0. The first kappa shape index (κ1) is 7.51. The van der Waals surface area contributed by atoms with E-state index >= 15 is 0 Å². The van der Waals surface area contributed by atoms with Crippen LogP contribution in [-0.4, -0.2) is 28.7 Å². The molecular formula is C6H11BrO2. The highest BCUT2D eigenvalue weighted by atomic mass is 79.9. The molecule has 1 aliphatic heterocycles. The van der Waals surface area contributed by atoms with E-state index in [0.29, 0.717) is 6.61 Å². The molecule has 3 atom stereocenters. The van der Waals surface area contributed by atoms with Crippen molar-refractivity contribution in [3.05, 3.63) is 0 Å². The van der Waals surface area contributed by atoms with E-state index in [1.165, 1.54) is 0 Å². The molecule has 2 nitrogen and oxygen atoms in total. The van der Waals surface area contributed by atoms with Crippen molar-refractivity contribution >= 4 is 15.9 Å². The summed E-state index contributed by atoms with van der Waals surface area (Å²) in [6, 6.07) is 0. The molecule has 0 aromatic rings. The van der Waals surface area contributed by atoms with Crippen LogP contribution in [0.25, 0.3) is 0 Å². The van der Waals surface area contributed by atoms with Gasteiger partial charge in [-0.25, -0.2) is 0 Å². The second-order valence-electron chi connectivity index (χ2n) is 2.46. The molecule has 9 heavy (non-hydrogen) atoms. The number of halogens is 1. The topological polar surface area (TPSA) is 29.5 Å². The molecule has 0 aromatic heterocycles. The summed E-state index contributed by atoms with van der Waals surface area (Å²) in [4.78, 5) is 0.223. The molecule has 0 aromatic carbocycles. The van der Waals surface area contributed by atoms with E-state index in [9.17, 15) is 0 Å². The summed E-state index contributed by atoms with van der Waals surface area (Å²) in [5.74, 6) is 0. The third-order valence-electron chi connectivity index (χ3n) is 1.53. The zero-order valence-corrected chi connectivity index (χ0v) is 6.97. The third kappa shape index (κ3) is 1.92. The van der Waals surface area contributed by atoms with Crippen molar-refractivity contribution in [2.75, 3.05) is 6.61 Å². The molecule has 0 saturated carbocycles. The Morgan fingerprint density at radius 2 is 2.33 bits per heavy atom. The quantitative estimate of drug-likeness (QED) is 0.582. The Kier molecular flexibility index (Phi) is 2.50. The minimum absolute atomic E-state index is 0.223. The van der Waals surface area contributed by atoms with Gasteiger partial charge in [-0.1, -0.05) is 15.9 Å². The van der Waals surface area contributed by atoms with Crippen molar-refractivity contribution in [2.45, 2.75) is 30.4 Å². The van der Waals surface area contributed by atoms with Gasteiger partial charge >= 0.3 is 0 Å². The van der Waals surface area contributed by atoms with Crippen molar-refractivity contribution in [3.63, 3.8) is 0 Å². The van der Waals surface area contributed by atoms with E-state index in [-0.39, 0.29) is 17.0 Å². The fourth-order valence-corrected chi connectivity index (χ4v) is 1.59. The maximum Gasteiger partial charge on any atom is 0.0899 e. The van der Waals surface area contributed by atoms with Gasteiger partial charge in [0.2, 0.25) is 0 Å². The summed E-state index contributed by atoms with van der Waals surface area (Å²) in [5, 5.41) is 9.12. The Morgan fingerprint density at radius 1 is 1.67 bits per heavy atom. The lowest BCUT2D eigenvalue weighted by Crippen LogP contribution is -2.36. The van der Waals surface area contributed by atoms with E-state index < -0.39 is 0 Å². The van der Waals surface area contributed by atoms with Gasteiger partial charge in [-0.3, -0.25) is 0 Å². The van der Waals surface area contributed by atoms with Crippen molar-refractivity contribution in [2.24, 2.45) is 0 Å². The van der Waals surface area contributed by atoms with Crippen LogP contribution in [0.5, 0.6) is 0 Å². The zero-order valence-electron chi connectivity index (χ0n) is 5.38. The van der Waals surface area contributed by atoms with Crippen LogP contribution in [0.1, 0.15) is 13.3 Å². The van der Waals surface area contributed by atoms with Gasteiger partial charge in [0.1, 0.15) is 0 Å². The Hall–Kier alpha value is 0.400. The van der Waals surface area contributed by atoms with Gasteiger partial charge in [-0.05, 0) is 13.3 Å². The Balaban J connectivity index is 2.35. The van der Waals surface area contributed by atoms with E-state index in [1.807, 2.05) is 6.92 Å². The Morgan fingerprint density at radius 3 is 2.78 bits per heavy atom. The molecule has 0 spiro atoms. The van der Waals surface area contributed by atoms with Gasteiger partial charge in [-0.15, -0.1) is 0 Å². The normalized spacial score (nSPS) is 45.0. The second kappa shape index (κ2) is 2.99. The summed E-state index contributed by atoms with van der Waals surface area (Å²) < 4.78 is 5.18. The molecule has 1 N–H and O–H groups in total. The SMILES string of the molecule is CC1CC(Br)C(O)CO1. The molecular weight excluding hydrogens is 184 g/mol. The molecule has 1 heterocycles. The lowest BCUT2D eigenvalue weighted by molar-refractivity contribution is -0.0418. The number of hydrogen-bond donors (Lipinski definition) is 1. The van der Waals surface area contributed by atoms with Crippen molar-refractivity contribution < 1.29 is 9.84 Å². The molecule has 1 aliphatic rings. The zero-order chi connectivity index (χ0) is 6.85. The van der Waals surface area contributed by atoms with Gasteiger partial charge in [0.05, 0.1) is 18.8 Å². The van der Waals surface area contributed by atoms with E-state index in [4.69, 9.17) is 9.84 Å². The predicted octanol–water partition coefficient (Wildman–Crippen LogP) is 0.920. The third-order valence-corrected chi connectivity index (χ3v) is 2.51. The molecule has 3 heteroatoms. The first-order chi connectivity index (χ1) is 4.20. The van der Waals surface area contributed by atoms with Gasteiger partial charge < -0.3 is 9.84 Å². The number of ether oxygens (including phenoxy) is 1. The molecule has 0 bridgehead atoms. The fraction of sp³-hybridized carbons (Fsp3) is 1.00. The Labute approximate surface area is 63.3 Å². The monoisotopic (exact) mass is 194 g/mol. The molecule has 1 rings (SSSR count). The van der Waals surface area contributed by atoms with Gasteiger partial charge in [0, 0.05) is 4.83 Å². The predicted molar refractivity (Wildman–Crippen MR) is 38.8 cm³/mol. The Bertz CT molecular complexity index is 97.1. The average molecular weight is 195 g/mol. The van der Waals surface area contributed by atoms with Crippen LogP contribution in [0.15, 0.2) is 0 Å². The van der Waals surface area contributed by atoms with Crippen LogP contribution < -0.4 is 0 Å². The van der Waals surface area contributed by atoms with Crippen molar-refractivity contribution in [1.29, 1.82) is 0 Å². The molecule has 1 fully saturated rings. The highest BCUT2D eigenvalue weighted by molar-refractivity contribution is 9.09. The lowest BCUT2D eigenvalue weighted by Gasteiger charge is -2.27. The number of alkyl halides is 1. The fourth-order valence-electron chi connectivity index (χ4n) is 0.909. The number of rotatable bonds is 0. The minimum Gasteiger partial charge on any atom is -0.390 e. The summed E-state index contributed by atoms with van der Waals surface area (Å²) in [5.41, 5.74) is 0. The summed E-state index contributed by atoms with van der Waals surface area (Å²) in [6.07, 6.45) is 0.875. The van der Waals surface area contributed by atoms with Gasteiger partial charge in [0.15, 0.2) is 0 Å². The first-order valence-electron chi connectivity index (χ1n) is 3.14. The maximum atomic E-state index is 9.12. The highest BCUT2D eigenvalue weighted by Gasteiger charge is 2.24. The van der Waals surface area contributed by atoms with Crippen molar-refractivity contribution in [1.82, 2.24) is 0 Å². The average Bonchev–Trinajstić information content (AvgIpc) is 1.80. The standard InChI is InChI=1S/C6H11BrO2/c1-4-2-5(7)6(8)3-9-4/h4-6,8H,2-3H2,1H3. The van der Waals surface area contributed by atoms with Crippen LogP contribution in [0.3, 0.4) is 0 Å². The maximum absolute atomic E-state index is 9.12. The highest BCUT2D eigenvalue weighted by Crippen LogP contribution is 2.20. The number of hydrogen-bond acceptors (Lipinski definition) is 2. The van der Waals surface area contributed by atoms with Crippen molar-refractivity contribution in [3.8, 4) is 0 Å². The van der Waals surface area contributed by atoms with E-state index in [2.05, 4.69) is 15.9 Å². The number of aliphatic hydroxyl groups is 1. The van der Waals surface area contributed by atoms with Crippen LogP contribution in [0.2, 0.25) is 0 Å². The van der Waals surface area contributed by atoms with E-state index in [0.717, 1.165) is 6.42 Å². The summed E-state index contributed by atoms with van der Waals surface area (Å²) >= 11 is 3.36.